The quantitative estimate of drug-likeness (QED) is 0.731. The number of nitrogens with zero attached hydrogens (tertiary/aromatic N) is 1. The fourth-order valence-electron chi connectivity index (χ4n) is 1.52. The number of rotatable bonds is 4. The standard InChI is InChI=1S/C11H17N3O3/c1-5(2)8-6(3)9(14-13-8)10(15)12-7(4)11(16)17/h5,7H,1-4H3,(H,12,15)(H,13,14)(H,16,17)/t7-/m0/s1. The molecule has 94 valence electrons. The van der Waals surface area contributed by atoms with Gasteiger partial charge in [-0.1, -0.05) is 13.8 Å². The van der Waals surface area contributed by atoms with Gasteiger partial charge in [-0.05, 0) is 19.8 Å². The van der Waals surface area contributed by atoms with Gasteiger partial charge in [-0.25, -0.2) is 0 Å². The molecule has 1 aromatic heterocycles. The first-order chi connectivity index (χ1) is 7.84. The van der Waals surface area contributed by atoms with Crippen molar-refractivity contribution in [2.75, 3.05) is 0 Å². The van der Waals surface area contributed by atoms with E-state index in [1.54, 1.807) is 6.92 Å². The van der Waals surface area contributed by atoms with Crippen molar-refractivity contribution in [3.05, 3.63) is 17.0 Å². The van der Waals surface area contributed by atoms with Crippen LogP contribution in [-0.2, 0) is 4.79 Å². The molecule has 1 aromatic rings. The molecule has 0 unspecified atom stereocenters. The first-order valence-electron chi connectivity index (χ1n) is 5.43. The van der Waals surface area contributed by atoms with Crippen molar-refractivity contribution < 1.29 is 14.7 Å². The average molecular weight is 239 g/mol. The van der Waals surface area contributed by atoms with Crippen molar-refractivity contribution in [1.29, 1.82) is 0 Å². The highest BCUT2D eigenvalue weighted by Gasteiger charge is 2.21. The molecule has 0 saturated carbocycles. The summed E-state index contributed by atoms with van der Waals surface area (Å²) in [6.07, 6.45) is 0. The second-order valence-corrected chi connectivity index (χ2v) is 4.30. The van der Waals surface area contributed by atoms with Crippen LogP contribution in [0, 0.1) is 6.92 Å². The summed E-state index contributed by atoms with van der Waals surface area (Å²) in [6, 6.07) is -0.930. The molecule has 0 spiro atoms. The van der Waals surface area contributed by atoms with E-state index < -0.39 is 17.9 Å². The lowest BCUT2D eigenvalue weighted by Gasteiger charge is -2.08. The summed E-state index contributed by atoms with van der Waals surface area (Å²) in [4.78, 5) is 22.4. The summed E-state index contributed by atoms with van der Waals surface area (Å²) >= 11 is 0. The van der Waals surface area contributed by atoms with Gasteiger partial charge < -0.3 is 10.4 Å². The van der Waals surface area contributed by atoms with Gasteiger partial charge in [0.05, 0.1) is 0 Å². The minimum absolute atomic E-state index is 0.237. The minimum Gasteiger partial charge on any atom is -0.480 e. The summed E-state index contributed by atoms with van der Waals surface area (Å²) in [7, 11) is 0. The Balaban J connectivity index is 2.87. The lowest BCUT2D eigenvalue weighted by molar-refractivity contribution is -0.138. The summed E-state index contributed by atoms with van der Waals surface area (Å²) in [6.45, 7) is 7.18. The third-order valence-electron chi connectivity index (χ3n) is 2.56. The smallest absolute Gasteiger partial charge is 0.325 e. The summed E-state index contributed by atoms with van der Waals surface area (Å²) < 4.78 is 0. The molecule has 1 heterocycles. The zero-order valence-corrected chi connectivity index (χ0v) is 10.4. The Morgan fingerprint density at radius 3 is 2.35 bits per heavy atom. The van der Waals surface area contributed by atoms with Crippen molar-refractivity contribution in [2.45, 2.75) is 39.7 Å². The van der Waals surface area contributed by atoms with Crippen molar-refractivity contribution in [3.8, 4) is 0 Å². The highest BCUT2D eigenvalue weighted by Crippen LogP contribution is 2.18. The normalized spacial score (nSPS) is 12.5. The molecule has 1 amide bonds. The molecule has 0 aliphatic rings. The van der Waals surface area contributed by atoms with Crippen LogP contribution in [0.15, 0.2) is 0 Å². The van der Waals surface area contributed by atoms with Crippen LogP contribution < -0.4 is 5.32 Å². The van der Waals surface area contributed by atoms with Gasteiger partial charge >= 0.3 is 5.97 Å². The van der Waals surface area contributed by atoms with Crippen LogP contribution in [0.1, 0.15) is 48.4 Å². The first-order valence-corrected chi connectivity index (χ1v) is 5.43. The monoisotopic (exact) mass is 239 g/mol. The van der Waals surface area contributed by atoms with Crippen LogP contribution in [0.3, 0.4) is 0 Å². The molecule has 0 fully saturated rings. The zero-order chi connectivity index (χ0) is 13.2. The molecule has 1 atom stereocenters. The van der Waals surface area contributed by atoms with E-state index in [1.807, 2.05) is 13.8 Å². The van der Waals surface area contributed by atoms with Gasteiger partial charge in [-0.3, -0.25) is 14.7 Å². The van der Waals surface area contributed by atoms with E-state index in [1.165, 1.54) is 6.92 Å². The second kappa shape index (κ2) is 4.99. The van der Waals surface area contributed by atoms with E-state index in [0.717, 1.165) is 11.3 Å². The van der Waals surface area contributed by atoms with Crippen LogP contribution in [0.25, 0.3) is 0 Å². The van der Waals surface area contributed by atoms with Crippen molar-refractivity contribution in [3.63, 3.8) is 0 Å². The molecule has 6 nitrogen and oxygen atoms in total. The highest BCUT2D eigenvalue weighted by molar-refractivity contribution is 5.96. The van der Waals surface area contributed by atoms with Crippen molar-refractivity contribution >= 4 is 11.9 Å². The Bertz CT molecular complexity index is 437. The third-order valence-corrected chi connectivity index (χ3v) is 2.56. The van der Waals surface area contributed by atoms with E-state index in [0.29, 0.717) is 0 Å². The molecular formula is C11H17N3O3. The number of carboxylic acids is 1. The number of carboxylic acid groups (broad SMARTS) is 1. The molecule has 0 radical (unpaired) electrons. The molecule has 1 rings (SSSR count). The fourth-order valence-corrected chi connectivity index (χ4v) is 1.52. The van der Waals surface area contributed by atoms with Crippen molar-refractivity contribution in [2.24, 2.45) is 0 Å². The summed E-state index contributed by atoms with van der Waals surface area (Å²) in [5.74, 6) is -1.31. The van der Waals surface area contributed by atoms with Gasteiger partial charge in [-0.2, -0.15) is 5.10 Å². The van der Waals surface area contributed by atoms with E-state index in [9.17, 15) is 9.59 Å². The average Bonchev–Trinajstić information content (AvgIpc) is 2.59. The molecule has 0 saturated heterocycles. The van der Waals surface area contributed by atoms with Crippen LogP contribution in [0.4, 0.5) is 0 Å². The van der Waals surface area contributed by atoms with Gasteiger partial charge in [0.15, 0.2) is 5.69 Å². The Morgan fingerprint density at radius 2 is 1.94 bits per heavy atom. The number of hydrogen-bond donors (Lipinski definition) is 3. The Hall–Kier alpha value is -1.85. The Labute approximate surface area is 99.4 Å². The fraction of sp³-hybridized carbons (Fsp3) is 0.545. The molecule has 6 heteroatoms. The number of carbonyl (C=O) groups is 2. The molecule has 0 aromatic carbocycles. The topological polar surface area (TPSA) is 95.1 Å². The molecule has 0 aliphatic heterocycles. The largest absolute Gasteiger partial charge is 0.480 e. The van der Waals surface area contributed by atoms with Gasteiger partial charge in [0, 0.05) is 11.3 Å². The van der Waals surface area contributed by atoms with Crippen LogP contribution in [0.5, 0.6) is 0 Å². The Morgan fingerprint density at radius 1 is 1.35 bits per heavy atom. The predicted molar refractivity (Wildman–Crippen MR) is 62.0 cm³/mol. The maximum absolute atomic E-state index is 11.8. The number of amides is 1. The number of aromatic amines is 1. The van der Waals surface area contributed by atoms with Crippen LogP contribution in [-0.4, -0.2) is 33.2 Å². The van der Waals surface area contributed by atoms with Gasteiger partial charge in [-0.15, -0.1) is 0 Å². The number of aromatic nitrogens is 2. The predicted octanol–water partition coefficient (Wildman–Crippen LogP) is 1.04. The third kappa shape index (κ3) is 2.83. The van der Waals surface area contributed by atoms with Gasteiger partial charge in [0.2, 0.25) is 0 Å². The van der Waals surface area contributed by atoms with Crippen LogP contribution in [0.2, 0.25) is 0 Å². The second-order valence-electron chi connectivity index (χ2n) is 4.30. The van der Waals surface area contributed by atoms with E-state index in [-0.39, 0.29) is 11.6 Å². The number of aliphatic carboxylic acids is 1. The van der Waals surface area contributed by atoms with Gasteiger partial charge in [0.1, 0.15) is 6.04 Å². The van der Waals surface area contributed by atoms with E-state index in [2.05, 4.69) is 15.5 Å². The van der Waals surface area contributed by atoms with Crippen molar-refractivity contribution in [1.82, 2.24) is 15.5 Å². The molecule has 3 N–H and O–H groups in total. The minimum atomic E-state index is -1.07. The maximum Gasteiger partial charge on any atom is 0.325 e. The van der Waals surface area contributed by atoms with Gasteiger partial charge in [0.25, 0.3) is 5.91 Å². The van der Waals surface area contributed by atoms with E-state index in [4.69, 9.17) is 5.11 Å². The molecule has 17 heavy (non-hydrogen) atoms. The number of H-pyrrole nitrogens is 1. The molecular weight excluding hydrogens is 222 g/mol. The lowest BCUT2D eigenvalue weighted by atomic mass is 10.1. The Kier molecular flexibility index (Phi) is 3.88. The zero-order valence-electron chi connectivity index (χ0n) is 10.4. The number of carbonyl (C=O) groups excluding carboxylic acids is 1. The van der Waals surface area contributed by atoms with E-state index >= 15 is 0 Å². The molecule has 0 aliphatic carbocycles. The first kappa shape index (κ1) is 13.2. The lowest BCUT2D eigenvalue weighted by Crippen LogP contribution is -2.38. The molecule has 0 bridgehead atoms. The summed E-state index contributed by atoms with van der Waals surface area (Å²) in [5, 5.41) is 17.8. The SMILES string of the molecule is Cc1c(C(=O)N[C@@H](C)C(=O)O)n[nH]c1C(C)C. The maximum atomic E-state index is 11.8. The summed E-state index contributed by atoms with van der Waals surface area (Å²) in [5.41, 5.74) is 1.90. The highest BCUT2D eigenvalue weighted by atomic mass is 16.4. The number of hydrogen-bond acceptors (Lipinski definition) is 3. The number of nitrogens with one attached hydrogen (secondary N) is 2. The van der Waals surface area contributed by atoms with Crippen LogP contribution >= 0.6 is 0 Å².